The fourth-order valence-corrected chi connectivity index (χ4v) is 3.18. The van der Waals surface area contributed by atoms with Crippen LogP contribution in [0.5, 0.6) is 0 Å². The van der Waals surface area contributed by atoms with Crippen LogP contribution < -0.4 is 4.90 Å². The summed E-state index contributed by atoms with van der Waals surface area (Å²) in [5.74, 6) is 0. The first-order valence-electron chi connectivity index (χ1n) is 9.06. The average molecular weight is 407 g/mol. The Kier molecular flexibility index (Phi) is 4.88. The number of halogens is 3. The van der Waals surface area contributed by atoms with Crippen molar-refractivity contribution < 1.29 is 13.2 Å². The lowest BCUT2D eigenvalue weighted by atomic mass is 10.1. The number of anilines is 1. The summed E-state index contributed by atoms with van der Waals surface area (Å²) in [5, 5.41) is 8.92. The average Bonchev–Trinajstić information content (AvgIpc) is 3.16. The third-order valence-corrected chi connectivity index (χ3v) is 4.79. The maximum absolute atomic E-state index is 12.8. The summed E-state index contributed by atoms with van der Waals surface area (Å²) in [5.41, 5.74) is 3.52. The monoisotopic (exact) mass is 407 g/mol. The fourth-order valence-electron chi connectivity index (χ4n) is 3.18. The number of aromatic nitrogens is 3. The zero-order chi connectivity index (χ0) is 21.3. The number of imidazole rings is 1. The molecule has 30 heavy (non-hydrogen) atoms. The molecule has 2 aromatic carbocycles. The van der Waals surface area contributed by atoms with E-state index >= 15 is 0 Å². The van der Waals surface area contributed by atoms with E-state index in [2.05, 4.69) is 16.0 Å². The maximum Gasteiger partial charge on any atom is 0.416 e. The van der Waals surface area contributed by atoms with E-state index in [1.54, 1.807) is 24.5 Å². The van der Waals surface area contributed by atoms with Gasteiger partial charge in [-0.15, -0.1) is 0 Å². The molecule has 0 saturated carbocycles. The van der Waals surface area contributed by atoms with E-state index in [1.165, 1.54) is 12.1 Å². The van der Waals surface area contributed by atoms with Crippen molar-refractivity contribution in [3.63, 3.8) is 0 Å². The van der Waals surface area contributed by atoms with Crippen molar-refractivity contribution in [2.24, 2.45) is 0 Å². The van der Waals surface area contributed by atoms with E-state index in [4.69, 9.17) is 5.26 Å². The minimum absolute atomic E-state index is 0.506. The third-order valence-electron chi connectivity index (χ3n) is 4.79. The van der Waals surface area contributed by atoms with Gasteiger partial charge in [-0.25, -0.2) is 4.98 Å². The lowest BCUT2D eigenvalue weighted by Gasteiger charge is -2.19. The molecule has 0 atom stereocenters. The molecule has 0 aliphatic heterocycles. The standard InChI is InChI=1S/C22H16F3N5/c1-29(19-8-2-15(10-26)3-9-19)13-18-14-30-20(11-28-21(30)12-27-18)16-4-6-17(7-5-16)22(23,24)25/h2-9,11-12,14H,13H2,1H3. The van der Waals surface area contributed by atoms with Crippen molar-refractivity contribution in [3.05, 3.63) is 83.9 Å². The van der Waals surface area contributed by atoms with Crippen LogP contribution in [0.1, 0.15) is 16.8 Å². The first-order chi connectivity index (χ1) is 14.3. The molecule has 0 N–H and O–H groups in total. The van der Waals surface area contributed by atoms with Crippen LogP contribution in [0.3, 0.4) is 0 Å². The molecule has 5 nitrogen and oxygen atoms in total. The van der Waals surface area contributed by atoms with E-state index in [1.807, 2.05) is 34.7 Å². The van der Waals surface area contributed by atoms with E-state index < -0.39 is 11.7 Å². The molecule has 0 spiro atoms. The van der Waals surface area contributed by atoms with Crippen LogP contribution in [0.4, 0.5) is 18.9 Å². The van der Waals surface area contributed by atoms with Gasteiger partial charge in [-0.05, 0) is 36.4 Å². The van der Waals surface area contributed by atoms with E-state index in [-0.39, 0.29) is 0 Å². The molecule has 0 unspecified atom stereocenters. The SMILES string of the molecule is CN(Cc1cn2c(-c3ccc(C(F)(F)F)cc3)cnc2cn1)c1ccc(C#N)cc1. The Hall–Kier alpha value is -3.86. The van der Waals surface area contributed by atoms with E-state index in [9.17, 15) is 13.2 Å². The zero-order valence-corrected chi connectivity index (χ0v) is 15.9. The lowest BCUT2D eigenvalue weighted by molar-refractivity contribution is -0.137. The summed E-state index contributed by atoms with van der Waals surface area (Å²) in [6, 6.07) is 14.3. The van der Waals surface area contributed by atoms with Gasteiger partial charge in [-0.2, -0.15) is 18.4 Å². The van der Waals surface area contributed by atoms with E-state index in [0.29, 0.717) is 29.0 Å². The van der Waals surface area contributed by atoms with Gasteiger partial charge in [0, 0.05) is 24.5 Å². The molecule has 4 aromatic rings. The zero-order valence-electron chi connectivity index (χ0n) is 15.9. The van der Waals surface area contributed by atoms with Crippen LogP contribution in [0.25, 0.3) is 16.9 Å². The summed E-state index contributed by atoms with van der Waals surface area (Å²) in [4.78, 5) is 10.7. The van der Waals surface area contributed by atoms with Crippen LogP contribution in [0.2, 0.25) is 0 Å². The van der Waals surface area contributed by atoms with Crippen LogP contribution >= 0.6 is 0 Å². The summed E-state index contributed by atoms with van der Waals surface area (Å²) < 4.78 is 40.3. The number of alkyl halides is 3. The van der Waals surface area contributed by atoms with Gasteiger partial charge >= 0.3 is 6.18 Å². The largest absolute Gasteiger partial charge is 0.416 e. The smallest absolute Gasteiger partial charge is 0.369 e. The second-order valence-electron chi connectivity index (χ2n) is 6.84. The van der Waals surface area contributed by atoms with Crippen molar-refractivity contribution in [1.82, 2.24) is 14.4 Å². The minimum Gasteiger partial charge on any atom is -0.369 e. The molecule has 150 valence electrons. The molecule has 4 rings (SSSR count). The number of nitriles is 1. The highest BCUT2D eigenvalue weighted by molar-refractivity contribution is 5.63. The molecule has 2 heterocycles. The van der Waals surface area contributed by atoms with Gasteiger partial charge in [0.25, 0.3) is 0 Å². The molecular formula is C22H16F3N5. The number of rotatable bonds is 4. The molecule has 0 aliphatic rings. The molecule has 0 amide bonds. The number of hydrogen-bond acceptors (Lipinski definition) is 4. The van der Waals surface area contributed by atoms with Gasteiger partial charge in [-0.1, -0.05) is 12.1 Å². The predicted octanol–water partition coefficient (Wildman–Crippen LogP) is 4.92. The molecule has 0 fully saturated rings. The Morgan fingerprint density at radius 2 is 1.70 bits per heavy atom. The molecule has 0 radical (unpaired) electrons. The summed E-state index contributed by atoms with van der Waals surface area (Å²) in [6.45, 7) is 0.506. The molecule has 0 aliphatic carbocycles. The molecule has 0 saturated heterocycles. The minimum atomic E-state index is -4.37. The number of benzene rings is 2. The maximum atomic E-state index is 12.8. The van der Waals surface area contributed by atoms with Crippen molar-refractivity contribution in [2.75, 3.05) is 11.9 Å². The molecule has 8 heteroatoms. The van der Waals surface area contributed by atoms with Gasteiger partial charge in [0.15, 0.2) is 5.65 Å². The van der Waals surface area contributed by atoms with Crippen LogP contribution in [-0.2, 0) is 12.7 Å². The summed E-state index contributed by atoms with van der Waals surface area (Å²) in [7, 11) is 1.91. The third kappa shape index (κ3) is 3.82. The fraction of sp³-hybridized carbons (Fsp3) is 0.136. The first-order valence-corrected chi connectivity index (χ1v) is 9.06. The highest BCUT2D eigenvalue weighted by Crippen LogP contribution is 2.31. The van der Waals surface area contributed by atoms with Crippen molar-refractivity contribution in [1.29, 1.82) is 5.26 Å². The second kappa shape index (κ2) is 7.52. The van der Waals surface area contributed by atoms with Gasteiger partial charge in [0.05, 0.1) is 47.5 Å². The summed E-state index contributed by atoms with van der Waals surface area (Å²) in [6.07, 6.45) is 0.712. The Balaban J connectivity index is 1.62. The topological polar surface area (TPSA) is 57.2 Å². The quantitative estimate of drug-likeness (QED) is 0.482. The number of hydrogen-bond donors (Lipinski definition) is 0. The van der Waals surface area contributed by atoms with Gasteiger partial charge in [0.1, 0.15) is 0 Å². The normalized spacial score (nSPS) is 11.4. The van der Waals surface area contributed by atoms with Crippen molar-refractivity contribution >= 4 is 11.3 Å². The Morgan fingerprint density at radius 3 is 2.33 bits per heavy atom. The van der Waals surface area contributed by atoms with Gasteiger partial charge < -0.3 is 4.90 Å². The Labute approximate surface area is 170 Å². The van der Waals surface area contributed by atoms with E-state index in [0.717, 1.165) is 23.5 Å². The van der Waals surface area contributed by atoms with Gasteiger partial charge in [-0.3, -0.25) is 9.38 Å². The number of fused-ring (bicyclic) bond motifs is 1. The molecular weight excluding hydrogens is 391 g/mol. The highest BCUT2D eigenvalue weighted by atomic mass is 19.4. The molecule has 0 bridgehead atoms. The van der Waals surface area contributed by atoms with Crippen molar-refractivity contribution in [2.45, 2.75) is 12.7 Å². The lowest BCUT2D eigenvalue weighted by Crippen LogP contribution is -2.17. The van der Waals surface area contributed by atoms with Crippen LogP contribution in [0, 0.1) is 11.3 Å². The Morgan fingerprint density at radius 1 is 1.00 bits per heavy atom. The molecule has 2 aromatic heterocycles. The van der Waals surface area contributed by atoms with Crippen LogP contribution in [0.15, 0.2) is 67.1 Å². The predicted molar refractivity (Wildman–Crippen MR) is 107 cm³/mol. The van der Waals surface area contributed by atoms with Crippen molar-refractivity contribution in [3.8, 4) is 17.3 Å². The highest BCUT2D eigenvalue weighted by Gasteiger charge is 2.30. The first kappa shape index (κ1) is 19.5. The summed E-state index contributed by atoms with van der Waals surface area (Å²) >= 11 is 0. The number of nitrogens with zero attached hydrogens (tertiary/aromatic N) is 5. The van der Waals surface area contributed by atoms with Gasteiger partial charge in [0.2, 0.25) is 0 Å². The Bertz CT molecular complexity index is 1220. The van der Waals surface area contributed by atoms with Crippen LogP contribution in [-0.4, -0.2) is 21.4 Å². The second-order valence-corrected chi connectivity index (χ2v) is 6.84.